The van der Waals surface area contributed by atoms with E-state index in [9.17, 15) is 9.18 Å². The lowest BCUT2D eigenvalue weighted by Gasteiger charge is -2.23. The number of likely N-dealkylation sites (tertiary alicyclic amines) is 1. The summed E-state index contributed by atoms with van der Waals surface area (Å²) in [6.07, 6.45) is 1.82. The van der Waals surface area contributed by atoms with Gasteiger partial charge in [0.25, 0.3) is 0 Å². The van der Waals surface area contributed by atoms with Gasteiger partial charge in [-0.15, -0.1) is 0 Å². The number of hydrogen-bond donors (Lipinski definition) is 1. The third-order valence-electron chi connectivity index (χ3n) is 3.45. The number of benzene rings is 1. The van der Waals surface area contributed by atoms with Crippen LogP contribution in [0.1, 0.15) is 24.0 Å². The van der Waals surface area contributed by atoms with E-state index in [-0.39, 0.29) is 17.5 Å². The molecule has 1 aliphatic rings. The second-order valence-electron chi connectivity index (χ2n) is 4.67. The van der Waals surface area contributed by atoms with Crippen molar-refractivity contribution in [2.75, 3.05) is 13.6 Å². The summed E-state index contributed by atoms with van der Waals surface area (Å²) in [6, 6.07) is 6.23. The van der Waals surface area contributed by atoms with E-state index in [0.29, 0.717) is 6.54 Å². The highest BCUT2D eigenvalue weighted by Crippen LogP contribution is 2.21. The van der Waals surface area contributed by atoms with E-state index < -0.39 is 5.82 Å². The van der Waals surface area contributed by atoms with Crippen LogP contribution in [0.3, 0.4) is 0 Å². The predicted octanol–water partition coefficient (Wildman–Crippen LogP) is 1.41. The number of likely N-dealkylation sites (N-methyl/N-ethyl adjacent to an activating group) is 1. The van der Waals surface area contributed by atoms with Crippen molar-refractivity contribution in [3.8, 4) is 6.07 Å². The van der Waals surface area contributed by atoms with Gasteiger partial charge in [-0.2, -0.15) is 5.26 Å². The van der Waals surface area contributed by atoms with Crippen molar-refractivity contribution < 1.29 is 9.18 Å². The lowest BCUT2D eigenvalue weighted by Crippen LogP contribution is -2.41. The highest BCUT2D eigenvalue weighted by molar-refractivity contribution is 5.81. The fourth-order valence-electron chi connectivity index (χ4n) is 2.47. The van der Waals surface area contributed by atoms with E-state index in [4.69, 9.17) is 5.26 Å². The second-order valence-corrected chi connectivity index (χ2v) is 4.67. The van der Waals surface area contributed by atoms with E-state index in [1.165, 1.54) is 6.07 Å². The van der Waals surface area contributed by atoms with Crippen molar-refractivity contribution in [3.63, 3.8) is 0 Å². The van der Waals surface area contributed by atoms with Gasteiger partial charge < -0.3 is 5.32 Å². The molecule has 1 unspecified atom stereocenters. The zero-order valence-corrected chi connectivity index (χ0v) is 10.8. The predicted molar refractivity (Wildman–Crippen MR) is 68.6 cm³/mol. The molecule has 0 radical (unpaired) electrons. The van der Waals surface area contributed by atoms with Crippen LogP contribution >= 0.6 is 0 Å². The van der Waals surface area contributed by atoms with Gasteiger partial charge in [0, 0.05) is 13.6 Å². The van der Waals surface area contributed by atoms with Gasteiger partial charge in [0.1, 0.15) is 11.9 Å². The van der Waals surface area contributed by atoms with E-state index in [0.717, 1.165) is 24.9 Å². The summed E-state index contributed by atoms with van der Waals surface area (Å²) < 4.78 is 13.2. The molecule has 5 heteroatoms. The first kappa shape index (κ1) is 13.5. The fraction of sp³-hybridized carbons (Fsp3) is 0.429. The summed E-state index contributed by atoms with van der Waals surface area (Å²) in [7, 11) is 1.63. The lowest BCUT2D eigenvalue weighted by atomic mass is 10.1. The Morgan fingerprint density at radius 3 is 3.11 bits per heavy atom. The fourth-order valence-corrected chi connectivity index (χ4v) is 2.47. The Morgan fingerprint density at radius 2 is 2.42 bits per heavy atom. The normalized spacial score (nSPS) is 19.1. The molecule has 1 aromatic rings. The molecule has 0 aliphatic carbocycles. The molecular formula is C14H16FN3O. The molecule has 1 atom stereocenters. The number of amides is 1. The number of carbonyl (C=O) groups is 1. The maximum absolute atomic E-state index is 13.2. The molecule has 1 fully saturated rings. The first-order chi connectivity index (χ1) is 9.15. The average molecular weight is 261 g/mol. The van der Waals surface area contributed by atoms with Gasteiger partial charge in [-0.3, -0.25) is 9.69 Å². The first-order valence-electron chi connectivity index (χ1n) is 6.30. The third kappa shape index (κ3) is 2.91. The van der Waals surface area contributed by atoms with Gasteiger partial charge >= 0.3 is 0 Å². The summed E-state index contributed by atoms with van der Waals surface area (Å²) in [5.74, 6) is -0.490. The van der Waals surface area contributed by atoms with Crippen molar-refractivity contribution in [1.82, 2.24) is 10.2 Å². The summed E-state index contributed by atoms with van der Waals surface area (Å²) in [6.45, 7) is 1.41. The van der Waals surface area contributed by atoms with Gasteiger partial charge in [-0.05, 0) is 37.1 Å². The van der Waals surface area contributed by atoms with Crippen LogP contribution in [0, 0.1) is 17.1 Å². The molecule has 100 valence electrons. The number of rotatable bonds is 3. The zero-order chi connectivity index (χ0) is 13.8. The van der Waals surface area contributed by atoms with Crippen LogP contribution in [0.4, 0.5) is 4.39 Å². The Hall–Kier alpha value is -1.93. The Kier molecular flexibility index (Phi) is 4.13. The average Bonchev–Trinajstić information content (AvgIpc) is 2.88. The lowest BCUT2D eigenvalue weighted by molar-refractivity contribution is -0.125. The molecule has 1 amide bonds. The van der Waals surface area contributed by atoms with Crippen LogP contribution in [0.5, 0.6) is 0 Å². The molecule has 0 aromatic heterocycles. The van der Waals surface area contributed by atoms with Gasteiger partial charge in [-0.1, -0.05) is 6.07 Å². The Balaban J connectivity index is 2.12. The number of nitrogens with one attached hydrogen (secondary N) is 1. The number of carbonyl (C=O) groups excluding carboxylic acids is 1. The van der Waals surface area contributed by atoms with Crippen molar-refractivity contribution in [1.29, 1.82) is 5.26 Å². The minimum absolute atomic E-state index is 0.0140. The minimum Gasteiger partial charge on any atom is -0.358 e. The molecule has 1 N–H and O–H groups in total. The monoisotopic (exact) mass is 261 g/mol. The maximum Gasteiger partial charge on any atom is 0.237 e. The van der Waals surface area contributed by atoms with Crippen molar-refractivity contribution in [3.05, 3.63) is 35.1 Å². The van der Waals surface area contributed by atoms with E-state index >= 15 is 0 Å². The van der Waals surface area contributed by atoms with Gasteiger partial charge in [0.15, 0.2) is 0 Å². The number of nitrogens with zero attached hydrogens (tertiary/aromatic N) is 2. The third-order valence-corrected chi connectivity index (χ3v) is 3.45. The standard InChI is InChI=1S/C14H16FN3O/c1-17-14(19)13-3-2-6-18(13)9-10-4-5-12(15)11(7-10)8-16/h4-5,7,13H,2-3,6,9H2,1H3,(H,17,19). The molecule has 0 spiro atoms. The molecule has 1 saturated heterocycles. The summed E-state index contributed by atoms with van der Waals surface area (Å²) in [5.41, 5.74) is 0.905. The zero-order valence-electron chi connectivity index (χ0n) is 10.8. The van der Waals surface area contributed by atoms with Crippen LogP contribution in [0.25, 0.3) is 0 Å². The van der Waals surface area contributed by atoms with E-state index in [2.05, 4.69) is 10.2 Å². The molecule has 19 heavy (non-hydrogen) atoms. The summed E-state index contributed by atoms with van der Waals surface area (Å²) >= 11 is 0. The van der Waals surface area contributed by atoms with Crippen LogP contribution in [0.15, 0.2) is 18.2 Å². The SMILES string of the molecule is CNC(=O)C1CCCN1Cc1ccc(F)c(C#N)c1. The number of hydrogen-bond acceptors (Lipinski definition) is 3. The first-order valence-corrected chi connectivity index (χ1v) is 6.30. The van der Waals surface area contributed by atoms with Crippen LogP contribution in [-0.2, 0) is 11.3 Å². The van der Waals surface area contributed by atoms with Crippen LogP contribution < -0.4 is 5.32 Å². The van der Waals surface area contributed by atoms with Crippen molar-refractivity contribution >= 4 is 5.91 Å². The quantitative estimate of drug-likeness (QED) is 0.895. The topological polar surface area (TPSA) is 56.1 Å². The Bertz CT molecular complexity index is 524. The highest BCUT2D eigenvalue weighted by atomic mass is 19.1. The molecule has 1 aromatic carbocycles. The van der Waals surface area contributed by atoms with Crippen LogP contribution in [0.2, 0.25) is 0 Å². The second kappa shape index (κ2) is 5.81. The van der Waals surface area contributed by atoms with E-state index in [1.54, 1.807) is 19.2 Å². The molecular weight excluding hydrogens is 245 g/mol. The maximum atomic E-state index is 13.2. The molecule has 1 heterocycles. The summed E-state index contributed by atoms with van der Waals surface area (Å²) in [4.78, 5) is 13.8. The molecule has 4 nitrogen and oxygen atoms in total. The highest BCUT2D eigenvalue weighted by Gasteiger charge is 2.29. The van der Waals surface area contributed by atoms with Gasteiger partial charge in [0.05, 0.1) is 11.6 Å². The Labute approximate surface area is 111 Å². The van der Waals surface area contributed by atoms with Gasteiger partial charge in [0.2, 0.25) is 5.91 Å². The molecule has 0 saturated carbocycles. The molecule has 0 bridgehead atoms. The van der Waals surface area contributed by atoms with Crippen molar-refractivity contribution in [2.24, 2.45) is 0 Å². The minimum atomic E-state index is -0.504. The van der Waals surface area contributed by atoms with Gasteiger partial charge in [-0.25, -0.2) is 4.39 Å². The molecule has 1 aliphatic heterocycles. The van der Waals surface area contributed by atoms with Crippen LogP contribution in [-0.4, -0.2) is 30.4 Å². The van der Waals surface area contributed by atoms with Crippen molar-refractivity contribution in [2.45, 2.75) is 25.4 Å². The number of nitriles is 1. The number of halogens is 1. The molecule has 2 rings (SSSR count). The largest absolute Gasteiger partial charge is 0.358 e. The van der Waals surface area contributed by atoms with E-state index in [1.807, 2.05) is 6.07 Å². The Morgan fingerprint density at radius 1 is 1.63 bits per heavy atom. The smallest absolute Gasteiger partial charge is 0.237 e. The summed E-state index contributed by atoms with van der Waals surface area (Å²) in [5, 5.41) is 11.5.